The molecular weight excluding hydrogens is 484 g/mol. The lowest BCUT2D eigenvalue weighted by Gasteiger charge is -2.36. The van der Waals surface area contributed by atoms with E-state index in [4.69, 9.17) is 9.97 Å². The lowest BCUT2D eigenvalue weighted by atomic mass is 9.67. The molecule has 1 aromatic heterocycles. The molecule has 2 aliphatic carbocycles. The molecule has 40 heavy (non-hydrogen) atoms. The number of hydrogen-bond donors (Lipinski definition) is 0. The van der Waals surface area contributed by atoms with E-state index in [0.29, 0.717) is 0 Å². The van der Waals surface area contributed by atoms with Crippen molar-refractivity contribution in [2.24, 2.45) is 0 Å². The normalized spacial score (nSPS) is 16.6. The maximum atomic E-state index is 5.07. The van der Waals surface area contributed by atoms with Crippen LogP contribution < -0.4 is 0 Å². The Morgan fingerprint density at radius 3 is 1.93 bits per heavy atom. The molecule has 7 rings (SSSR count). The minimum Gasteiger partial charge on any atom is -0.228 e. The van der Waals surface area contributed by atoms with Gasteiger partial charge >= 0.3 is 0 Å². The molecule has 4 aromatic carbocycles. The molecule has 1 heterocycles. The number of nitrogens with zero attached hydrogens (tertiary/aromatic N) is 2. The highest BCUT2D eigenvalue weighted by Gasteiger charge is 2.34. The Bertz CT molecular complexity index is 1750. The molecule has 2 nitrogen and oxygen atoms in total. The summed E-state index contributed by atoms with van der Waals surface area (Å²) in [5, 5.41) is 0. The molecule has 0 N–H and O–H groups in total. The van der Waals surface area contributed by atoms with Gasteiger partial charge in [-0.25, -0.2) is 9.97 Å². The fourth-order valence-corrected chi connectivity index (χ4v) is 6.04. The summed E-state index contributed by atoms with van der Waals surface area (Å²) in [4.78, 5) is 10.1. The number of benzene rings is 4. The van der Waals surface area contributed by atoms with Crippen LogP contribution in [0.1, 0.15) is 30.9 Å². The molecule has 2 heteroatoms. The van der Waals surface area contributed by atoms with E-state index in [0.717, 1.165) is 33.9 Å². The molecule has 2 bridgehead atoms. The largest absolute Gasteiger partial charge is 0.228 e. The summed E-state index contributed by atoms with van der Waals surface area (Å²) in [5.41, 5.74) is 11.6. The van der Waals surface area contributed by atoms with E-state index in [9.17, 15) is 0 Å². The summed E-state index contributed by atoms with van der Waals surface area (Å²) in [5.74, 6) is 0.975. The molecule has 0 saturated heterocycles. The van der Waals surface area contributed by atoms with Gasteiger partial charge in [0.15, 0.2) is 5.82 Å². The Labute approximate surface area is 236 Å². The average Bonchev–Trinajstić information content (AvgIpc) is 3.26. The Balaban J connectivity index is 1.38. The first-order valence-corrected chi connectivity index (χ1v) is 13.9. The van der Waals surface area contributed by atoms with Crippen molar-refractivity contribution in [1.82, 2.24) is 9.97 Å². The van der Waals surface area contributed by atoms with Crippen LogP contribution in [0.25, 0.3) is 45.0 Å². The SMILES string of the molecule is CC1(C)C2=CC(C=CC=C2)c2c(-c3cccc(-c4nc(-c5ccccc5)cc(-c5ccccc5)n4)c3)cccc21. The molecule has 0 radical (unpaired) electrons. The Morgan fingerprint density at radius 2 is 1.23 bits per heavy atom. The zero-order valence-electron chi connectivity index (χ0n) is 22.8. The van der Waals surface area contributed by atoms with Crippen LogP contribution in [0.5, 0.6) is 0 Å². The van der Waals surface area contributed by atoms with E-state index in [2.05, 4.69) is 141 Å². The van der Waals surface area contributed by atoms with Crippen LogP contribution in [0.2, 0.25) is 0 Å². The van der Waals surface area contributed by atoms with E-state index >= 15 is 0 Å². The molecule has 0 amide bonds. The van der Waals surface area contributed by atoms with Gasteiger partial charge in [0.05, 0.1) is 11.4 Å². The molecule has 1 unspecified atom stereocenters. The predicted octanol–water partition coefficient (Wildman–Crippen LogP) is 9.57. The van der Waals surface area contributed by atoms with Gasteiger partial charge in [0, 0.05) is 28.0 Å². The molecular formula is C38H30N2. The molecule has 0 spiro atoms. The van der Waals surface area contributed by atoms with Crippen LogP contribution in [0.4, 0.5) is 0 Å². The van der Waals surface area contributed by atoms with Gasteiger partial charge in [-0.15, -0.1) is 0 Å². The first kappa shape index (κ1) is 24.2. The minimum absolute atomic E-state index is 0.0559. The summed E-state index contributed by atoms with van der Waals surface area (Å²) in [6.07, 6.45) is 11.3. The topological polar surface area (TPSA) is 25.8 Å². The Hall–Kier alpha value is -4.82. The van der Waals surface area contributed by atoms with E-state index in [1.54, 1.807) is 0 Å². The van der Waals surface area contributed by atoms with Crippen molar-refractivity contribution in [3.63, 3.8) is 0 Å². The monoisotopic (exact) mass is 514 g/mol. The van der Waals surface area contributed by atoms with Crippen molar-refractivity contribution < 1.29 is 0 Å². The van der Waals surface area contributed by atoms with Crippen molar-refractivity contribution in [2.45, 2.75) is 25.2 Å². The summed E-state index contributed by atoms with van der Waals surface area (Å²) >= 11 is 0. The summed E-state index contributed by atoms with van der Waals surface area (Å²) in [6, 6.07) is 38.3. The smallest absolute Gasteiger partial charge is 0.160 e. The number of hydrogen-bond acceptors (Lipinski definition) is 2. The van der Waals surface area contributed by atoms with Gasteiger partial charge in [-0.3, -0.25) is 0 Å². The van der Waals surface area contributed by atoms with Gasteiger partial charge in [-0.05, 0) is 40.0 Å². The Kier molecular flexibility index (Phi) is 5.90. The highest BCUT2D eigenvalue weighted by atomic mass is 14.9. The average molecular weight is 515 g/mol. The third kappa shape index (κ3) is 4.23. The van der Waals surface area contributed by atoms with Crippen molar-refractivity contribution >= 4 is 0 Å². The van der Waals surface area contributed by atoms with Gasteiger partial charge in [0.25, 0.3) is 0 Å². The molecule has 0 aliphatic heterocycles. The maximum Gasteiger partial charge on any atom is 0.160 e. The van der Waals surface area contributed by atoms with Crippen LogP contribution >= 0.6 is 0 Å². The Morgan fingerprint density at radius 1 is 0.600 bits per heavy atom. The van der Waals surface area contributed by atoms with Crippen molar-refractivity contribution in [1.29, 1.82) is 0 Å². The highest BCUT2D eigenvalue weighted by Crippen LogP contribution is 2.48. The van der Waals surface area contributed by atoms with Gasteiger partial charge < -0.3 is 0 Å². The van der Waals surface area contributed by atoms with Crippen molar-refractivity contribution in [3.8, 4) is 45.0 Å². The fraction of sp³-hybridized carbons (Fsp3) is 0.105. The molecule has 1 atom stereocenters. The predicted molar refractivity (Wildman–Crippen MR) is 166 cm³/mol. The molecule has 0 fully saturated rings. The lowest BCUT2D eigenvalue weighted by molar-refractivity contribution is 0.611. The quantitative estimate of drug-likeness (QED) is 0.239. The standard InChI is InChI=1S/C38H30N2/c1-38(2)31-20-10-9-17-29(24-31)36-32(21-12-22-33(36)38)28-18-11-19-30(23-28)37-39-34(26-13-5-3-6-14-26)25-35(40-37)27-15-7-4-8-16-27/h3-25,29H,1-2H3. The van der Waals surface area contributed by atoms with Gasteiger partial charge in [0.1, 0.15) is 0 Å². The van der Waals surface area contributed by atoms with Gasteiger partial charge in [-0.1, -0.05) is 141 Å². The highest BCUT2D eigenvalue weighted by molar-refractivity contribution is 5.78. The molecule has 2 aliphatic rings. The van der Waals surface area contributed by atoms with Crippen LogP contribution in [0.3, 0.4) is 0 Å². The van der Waals surface area contributed by atoms with E-state index in [1.807, 2.05) is 12.1 Å². The number of rotatable bonds is 4. The first-order valence-electron chi connectivity index (χ1n) is 13.9. The molecule has 0 saturated carbocycles. The minimum atomic E-state index is -0.0559. The van der Waals surface area contributed by atoms with Gasteiger partial charge in [-0.2, -0.15) is 0 Å². The van der Waals surface area contributed by atoms with Crippen LogP contribution in [0.15, 0.2) is 145 Å². The van der Waals surface area contributed by atoms with Crippen molar-refractivity contribution in [3.05, 3.63) is 156 Å². The summed E-state index contributed by atoms with van der Waals surface area (Å²) < 4.78 is 0. The molecule has 192 valence electrons. The van der Waals surface area contributed by atoms with Crippen LogP contribution in [-0.4, -0.2) is 9.97 Å². The fourth-order valence-electron chi connectivity index (χ4n) is 6.04. The molecule has 5 aromatic rings. The summed E-state index contributed by atoms with van der Waals surface area (Å²) in [7, 11) is 0. The maximum absolute atomic E-state index is 5.07. The zero-order valence-corrected chi connectivity index (χ0v) is 22.8. The van der Waals surface area contributed by atoms with E-state index in [1.165, 1.54) is 27.8 Å². The van der Waals surface area contributed by atoms with Crippen LogP contribution in [0, 0.1) is 0 Å². The second-order valence-electron chi connectivity index (χ2n) is 11.1. The summed E-state index contributed by atoms with van der Waals surface area (Å²) in [6.45, 7) is 4.66. The first-order chi connectivity index (χ1) is 19.6. The second kappa shape index (κ2) is 9.73. The third-order valence-electron chi connectivity index (χ3n) is 8.20. The number of allylic oxidation sites excluding steroid dienone is 6. The van der Waals surface area contributed by atoms with Gasteiger partial charge in [0.2, 0.25) is 0 Å². The van der Waals surface area contributed by atoms with E-state index in [-0.39, 0.29) is 11.3 Å². The second-order valence-corrected chi connectivity index (χ2v) is 11.1. The van der Waals surface area contributed by atoms with Crippen LogP contribution in [-0.2, 0) is 5.41 Å². The number of aromatic nitrogens is 2. The lowest BCUT2D eigenvalue weighted by Crippen LogP contribution is -2.26. The zero-order chi connectivity index (χ0) is 27.1. The van der Waals surface area contributed by atoms with E-state index < -0.39 is 0 Å². The third-order valence-corrected chi connectivity index (χ3v) is 8.20. The number of fused-ring (bicyclic) bond motifs is 3. The van der Waals surface area contributed by atoms with Crippen molar-refractivity contribution in [2.75, 3.05) is 0 Å².